The van der Waals surface area contributed by atoms with Crippen LogP contribution in [-0.2, 0) is 14.3 Å². The van der Waals surface area contributed by atoms with E-state index in [1.54, 1.807) is 0 Å². The number of nitrogens with zero attached hydrogens (tertiary/aromatic N) is 1. The molecular weight excluding hydrogens is 412 g/mol. The van der Waals surface area contributed by atoms with Gasteiger partial charge in [-0.25, -0.2) is 4.79 Å². The van der Waals surface area contributed by atoms with Crippen LogP contribution in [-0.4, -0.2) is 65.4 Å². The Bertz CT molecular complexity index is 972. The van der Waals surface area contributed by atoms with Crippen LogP contribution in [0.1, 0.15) is 29.9 Å². The zero-order valence-electron chi connectivity index (χ0n) is 17.6. The lowest BCUT2D eigenvalue weighted by atomic mass is 9.98. The van der Waals surface area contributed by atoms with Crippen molar-refractivity contribution in [1.29, 1.82) is 0 Å². The molecule has 0 bridgehead atoms. The number of carbonyl (C=O) groups is 3. The predicted octanol–water partition coefficient (Wildman–Crippen LogP) is 2.21. The van der Waals surface area contributed by atoms with E-state index >= 15 is 0 Å². The molecule has 1 unspecified atom stereocenters. The van der Waals surface area contributed by atoms with Gasteiger partial charge in [0.2, 0.25) is 5.91 Å². The molecule has 0 spiro atoms. The van der Waals surface area contributed by atoms with Crippen molar-refractivity contribution in [2.45, 2.75) is 24.8 Å². The number of ether oxygens (including phenoxy) is 1. The van der Waals surface area contributed by atoms with Gasteiger partial charge in [-0.2, -0.15) is 0 Å². The van der Waals surface area contributed by atoms with Crippen molar-refractivity contribution >= 4 is 18.0 Å². The summed E-state index contributed by atoms with van der Waals surface area (Å²) in [6, 6.07) is 15.0. The molecule has 2 amide bonds. The number of amides is 2. The highest BCUT2D eigenvalue weighted by Gasteiger charge is 2.35. The average Bonchev–Trinajstić information content (AvgIpc) is 3.08. The van der Waals surface area contributed by atoms with Gasteiger partial charge in [0.25, 0.3) is 0 Å². The molecule has 3 N–H and O–H groups in total. The molecule has 1 heterocycles. The van der Waals surface area contributed by atoms with Gasteiger partial charge in [0.05, 0.1) is 0 Å². The smallest absolute Gasteiger partial charge is 0.407 e. The third-order valence-electron chi connectivity index (χ3n) is 6.11. The lowest BCUT2D eigenvalue weighted by molar-refractivity contribution is -0.141. The largest absolute Gasteiger partial charge is 0.481 e. The van der Waals surface area contributed by atoms with E-state index in [9.17, 15) is 14.4 Å². The number of aliphatic hydroxyl groups excluding tert-OH is 1. The molecule has 4 rings (SSSR count). The number of benzene rings is 2. The van der Waals surface area contributed by atoms with Crippen molar-refractivity contribution in [2.24, 2.45) is 5.92 Å². The van der Waals surface area contributed by atoms with Gasteiger partial charge in [0.1, 0.15) is 12.6 Å². The zero-order valence-corrected chi connectivity index (χ0v) is 17.6. The maximum Gasteiger partial charge on any atom is 0.407 e. The minimum atomic E-state index is -1.05. The summed E-state index contributed by atoms with van der Waals surface area (Å²) in [7, 11) is 0. The molecule has 2 aliphatic rings. The second kappa shape index (κ2) is 9.40. The molecule has 2 aromatic carbocycles. The molecule has 8 nitrogen and oxygen atoms in total. The van der Waals surface area contributed by atoms with E-state index in [1.165, 1.54) is 4.90 Å². The third-order valence-corrected chi connectivity index (χ3v) is 6.11. The van der Waals surface area contributed by atoms with Crippen LogP contribution in [0, 0.1) is 5.92 Å². The van der Waals surface area contributed by atoms with Crippen LogP contribution in [0.5, 0.6) is 0 Å². The Hall–Kier alpha value is -3.39. The lowest BCUT2D eigenvalue weighted by Crippen LogP contribution is -2.57. The minimum absolute atomic E-state index is 0.0105. The van der Waals surface area contributed by atoms with E-state index in [0.29, 0.717) is 13.1 Å². The molecule has 168 valence electrons. The number of hydrogen-bond donors (Lipinski definition) is 3. The van der Waals surface area contributed by atoms with Crippen molar-refractivity contribution in [3.8, 4) is 11.1 Å². The molecule has 2 aromatic rings. The molecule has 1 saturated heterocycles. The van der Waals surface area contributed by atoms with E-state index in [1.807, 2.05) is 48.5 Å². The fourth-order valence-electron chi connectivity index (χ4n) is 4.39. The molecule has 1 atom stereocenters. The first kappa shape index (κ1) is 21.8. The second-order valence-corrected chi connectivity index (χ2v) is 8.25. The summed E-state index contributed by atoms with van der Waals surface area (Å²) in [6.07, 6.45) is -1.04. The monoisotopic (exact) mass is 438 g/mol. The Kier molecular flexibility index (Phi) is 6.41. The Labute approximate surface area is 185 Å². The zero-order chi connectivity index (χ0) is 22.7. The van der Waals surface area contributed by atoms with Gasteiger partial charge < -0.3 is 25.2 Å². The van der Waals surface area contributed by atoms with Crippen molar-refractivity contribution < 1.29 is 29.3 Å². The molecule has 1 fully saturated rings. The van der Waals surface area contributed by atoms with Crippen LogP contribution in [0.3, 0.4) is 0 Å². The summed E-state index contributed by atoms with van der Waals surface area (Å²) in [6.45, 7) is 0.885. The summed E-state index contributed by atoms with van der Waals surface area (Å²) in [5.74, 6) is -1.49. The summed E-state index contributed by atoms with van der Waals surface area (Å²) >= 11 is 0. The number of carboxylic acid groups (broad SMARTS) is 1. The number of carboxylic acids is 1. The quantitative estimate of drug-likeness (QED) is 0.582. The van der Waals surface area contributed by atoms with Crippen LogP contribution in [0.15, 0.2) is 48.5 Å². The van der Waals surface area contributed by atoms with Crippen molar-refractivity contribution in [3.05, 3.63) is 59.7 Å². The summed E-state index contributed by atoms with van der Waals surface area (Å²) in [5.41, 5.74) is 4.39. The first-order valence-corrected chi connectivity index (χ1v) is 10.7. The fourth-order valence-corrected chi connectivity index (χ4v) is 4.39. The van der Waals surface area contributed by atoms with Crippen LogP contribution in [0.4, 0.5) is 4.79 Å². The Morgan fingerprint density at radius 3 is 2.19 bits per heavy atom. The van der Waals surface area contributed by atoms with Crippen molar-refractivity contribution in [3.63, 3.8) is 0 Å². The Balaban J connectivity index is 1.40. The molecule has 8 heteroatoms. The van der Waals surface area contributed by atoms with Gasteiger partial charge in [-0.05, 0) is 28.7 Å². The average molecular weight is 438 g/mol. The van der Waals surface area contributed by atoms with E-state index in [4.69, 9.17) is 14.9 Å². The topological polar surface area (TPSA) is 116 Å². The van der Waals surface area contributed by atoms with Gasteiger partial charge >= 0.3 is 12.1 Å². The number of nitrogens with one attached hydrogen (secondary N) is 1. The van der Waals surface area contributed by atoms with Gasteiger partial charge in [-0.1, -0.05) is 48.5 Å². The van der Waals surface area contributed by atoms with Crippen molar-refractivity contribution in [1.82, 2.24) is 10.2 Å². The molecular formula is C24H26N2O6. The van der Waals surface area contributed by atoms with E-state index < -0.39 is 18.1 Å². The second-order valence-electron chi connectivity index (χ2n) is 8.25. The van der Waals surface area contributed by atoms with E-state index in [-0.39, 0.29) is 43.8 Å². The van der Waals surface area contributed by atoms with E-state index in [0.717, 1.165) is 22.3 Å². The molecule has 1 aliphatic heterocycles. The lowest BCUT2D eigenvalue weighted by Gasteiger charge is -2.40. The summed E-state index contributed by atoms with van der Waals surface area (Å²) < 4.78 is 5.49. The number of carbonyl (C=O) groups excluding carboxylic acids is 2. The van der Waals surface area contributed by atoms with Crippen LogP contribution in [0.25, 0.3) is 11.1 Å². The fraction of sp³-hybridized carbons (Fsp3) is 0.375. The number of hydrogen-bond acceptors (Lipinski definition) is 5. The maximum atomic E-state index is 12.7. The van der Waals surface area contributed by atoms with Gasteiger partial charge in [0.15, 0.2) is 0 Å². The van der Waals surface area contributed by atoms with Crippen LogP contribution < -0.4 is 5.32 Å². The van der Waals surface area contributed by atoms with Crippen molar-refractivity contribution in [2.75, 3.05) is 26.3 Å². The van der Waals surface area contributed by atoms with E-state index in [2.05, 4.69) is 5.32 Å². The Morgan fingerprint density at radius 2 is 1.62 bits per heavy atom. The standard InChI is InChI=1S/C24H26N2O6/c27-13-15-11-26(12-15)23(30)21(9-10-22(28)29)25-24(31)32-14-20-18-7-3-1-5-16(18)17-6-2-4-8-19(17)20/h1-8,15,20-21,27H,9-14H2,(H,25,31)(H,28,29). The minimum Gasteiger partial charge on any atom is -0.481 e. The predicted molar refractivity (Wildman–Crippen MR) is 116 cm³/mol. The SMILES string of the molecule is O=C(O)CCC(NC(=O)OCC1c2ccccc2-c2ccccc21)C(=O)N1CC(CO)C1. The maximum absolute atomic E-state index is 12.7. The summed E-state index contributed by atoms with van der Waals surface area (Å²) in [4.78, 5) is 37.8. The molecule has 32 heavy (non-hydrogen) atoms. The number of aliphatic carboxylic acids is 1. The molecule has 1 aliphatic carbocycles. The number of rotatable bonds is 8. The van der Waals surface area contributed by atoms with Crippen LogP contribution >= 0.6 is 0 Å². The highest BCUT2D eigenvalue weighted by atomic mass is 16.5. The molecule has 0 saturated carbocycles. The number of fused-ring (bicyclic) bond motifs is 3. The molecule has 0 radical (unpaired) electrons. The number of likely N-dealkylation sites (tertiary alicyclic amines) is 1. The highest BCUT2D eigenvalue weighted by Crippen LogP contribution is 2.44. The highest BCUT2D eigenvalue weighted by molar-refractivity contribution is 5.87. The summed E-state index contributed by atoms with van der Waals surface area (Å²) in [5, 5.41) is 20.7. The van der Waals surface area contributed by atoms with Gasteiger partial charge in [0, 0.05) is 38.0 Å². The number of alkyl carbamates (subject to hydrolysis) is 1. The van der Waals surface area contributed by atoms with Gasteiger partial charge in [-0.15, -0.1) is 0 Å². The van der Waals surface area contributed by atoms with Crippen LogP contribution in [0.2, 0.25) is 0 Å². The third kappa shape index (κ3) is 4.45. The van der Waals surface area contributed by atoms with Gasteiger partial charge in [-0.3, -0.25) is 9.59 Å². The number of aliphatic hydroxyl groups is 1. The molecule has 0 aromatic heterocycles. The Morgan fingerprint density at radius 1 is 1.03 bits per heavy atom. The first-order valence-electron chi connectivity index (χ1n) is 10.7. The first-order chi connectivity index (χ1) is 15.5. The normalized spacial score (nSPS) is 16.0.